The highest BCUT2D eigenvalue weighted by atomic mass is 16.5. The molecule has 2 saturated carbocycles. The zero-order chi connectivity index (χ0) is 14.4. The summed E-state index contributed by atoms with van der Waals surface area (Å²) in [5.41, 5.74) is 0. The van der Waals surface area contributed by atoms with Crippen LogP contribution in [0.1, 0.15) is 71.1 Å². The van der Waals surface area contributed by atoms with Crippen LogP contribution in [0.3, 0.4) is 0 Å². The van der Waals surface area contributed by atoms with Crippen molar-refractivity contribution >= 4 is 5.97 Å². The fourth-order valence-electron chi connectivity index (χ4n) is 3.84. The van der Waals surface area contributed by atoms with Crippen LogP contribution in [0.2, 0.25) is 0 Å². The lowest BCUT2D eigenvalue weighted by atomic mass is 9.79. The first-order valence-corrected chi connectivity index (χ1v) is 8.54. The van der Waals surface area contributed by atoms with E-state index >= 15 is 0 Å². The summed E-state index contributed by atoms with van der Waals surface area (Å²) < 4.78 is 5.06. The average Bonchev–Trinajstić information content (AvgIpc) is 2.74. The summed E-state index contributed by atoms with van der Waals surface area (Å²) in [6.45, 7) is 2.32. The molecule has 0 aromatic carbocycles. The Bertz CT molecular complexity index is 289. The molecule has 0 amide bonds. The molecule has 3 heteroatoms. The van der Waals surface area contributed by atoms with Gasteiger partial charge in [-0.3, -0.25) is 4.79 Å². The largest absolute Gasteiger partial charge is 0.468 e. The minimum Gasteiger partial charge on any atom is -0.468 e. The van der Waals surface area contributed by atoms with Crippen molar-refractivity contribution in [2.24, 2.45) is 11.8 Å². The molecule has 3 nitrogen and oxygen atoms in total. The Labute approximate surface area is 123 Å². The molecule has 2 aliphatic rings. The minimum atomic E-state index is -0.0735. The molecule has 0 saturated heterocycles. The summed E-state index contributed by atoms with van der Waals surface area (Å²) in [5.74, 6) is 1.25. The van der Waals surface area contributed by atoms with E-state index in [1.165, 1.54) is 71.3 Å². The maximum absolute atomic E-state index is 12.2. The van der Waals surface area contributed by atoms with Crippen molar-refractivity contribution in [3.63, 3.8) is 0 Å². The highest BCUT2D eigenvalue weighted by Crippen LogP contribution is 2.31. The van der Waals surface area contributed by atoms with Crippen molar-refractivity contribution in [1.82, 2.24) is 5.32 Å². The molecular formula is C17H31NO2. The zero-order valence-corrected chi connectivity index (χ0v) is 13.2. The third kappa shape index (κ3) is 4.47. The highest BCUT2D eigenvalue weighted by Gasteiger charge is 2.33. The van der Waals surface area contributed by atoms with E-state index < -0.39 is 0 Å². The summed E-state index contributed by atoms with van der Waals surface area (Å²) in [5, 5.41) is 3.66. The Balaban J connectivity index is 1.94. The lowest BCUT2D eigenvalue weighted by Crippen LogP contribution is -2.49. The first kappa shape index (κ1) is 15.8. The Morgan fingerprint density at radius 3 is 2.15 bits per heavy atom. The molecule has 0 aromatic rings. The van der Waals surface area contributed by atoms with Gasteiger partial charge in [0.25, 0.3) is 0 Å². The van der Waals surface area contributed by atoms with Gasteiger partial charge in [-0.05, 0) is 37.5 Å². The molecule has 2 fully saturated rings. The third-order valence-corrected chi connectivity index (χ3v) is 5.26. The molecule has 2 rings (SSSR count). The van der Waals surface area contributed by atoms with E-state index in [0.29, 0.717) is 12.0 Å². The van der Waals surface area contributed by atoms with Crippen LogP contribution in [-0.4, -0.2) is 25.2 Å². The summed E-state index contributed by atoms with van der Waals surface area (Å²) in [6, 6.07) is 0.441. The van der Waals surface area contributed by atoms with Gasteiger partial charge in [0.1, 0.15) is 6.04 Å². The monoisotopic (exact) mass is 281 g/mol. The summed E-state index contributed by atoms with van der Waals surface area (Å²) in [7, 11) is 1.52. The van der Waals surface area contributed by atoms with Crippen LogP contribution in [-0.2, 0) is 9.53 Å². The van der Waals surface area contributed by atoms with Gasteiger partial charge in [-0.2, -0.15) is 0 Å². The van der Waals surface area contributed by atoms with Crippen LogP contribution in [0, 0.1) is 11.8 Å². The predicted octanol–water partition coefficient (Wildman–Crippen LogP) is 3.67. The summed E-state index contributed by atoms with van der Waals surface area (Å²) in [6.07, 6.45) is 12.6. The van der Waals surface area contributed by atoms with Gasteiger partial charge in [0.15, 0.2) is 0 Å². The smallest absolute Gasteiger partial charge is 0.323 e. The van der Waals surface area contributed by atoms with E-state index in [2.05, 4.69) is 12.2 Å². The second-order valence-corrected chi connectivity index (χ2v) is 6.88. The number of esters is 1. The molecule has 0 heterocycles. The molecule has 116 valence electrons. The first-order chi connectivity index (χ1) is 9.70. The van der Waals surface area contributed by atoms with Crippen molar-refractivity contribution < 1.29 is 9.53 Å². The maximum atomic E-state index is 12.2. The van der Waals surface area contributed by atoms with Crippen LogP contribution in [0.15, 0.2) is 0 Å². The molecule has 0 aromatic heterocycles. The lowest BCUT2D eigenvalue weighted by Gasteiger charge is -2.34. The van der Waals surface area contributed by atoms with Crippen LogP contribution in [0.4, 0.5) is 0 Å². The highest BCUT2D eigenvalue weighted by molar-refractivity contribution is 5.76. The number of hydrogen-bond acceptors (Lipinski definition) is 3. The van der Waals surface area contributed by atoms with Crippen molar-refractivity contribution in [1.29, 1.82) is 0 Å². The summed E-state index contributed by atoms with van der Waals surface area (Å²) in [4.78, 5) is 12.2. The maximum Gasteiger partial charge on any atom is 0.323 e. The third-order valence-electron chi connectivity index (χ3n) is 5.26. The normalized spacial score (nSPS) is 30.5. The van der Waals surface area contributed by atoms with E-state index in [1.54, 1.807) is 0 Å². The molecular weight excluding hydrogens is 250 g/mol. The topological polar surface area (TPSA) is 38.3 Å². The van der Waals surface area contributed by atoms with Gasteiger partial charge in [0, 0.05) is 6.04 Å². The number of ether oxygens (including phenoxy) is 1. The SMILES string of the molecule is COC(=O)C(NC1CCCCCC1)C1CCC(C)CC1. The number of hydrogen-bond donors (Lipinski definition) is 1. The average molecular weight is 281 g/mol. The van der Waals surface area contributed by atoms with Crippen LogP contribution in [0.25, 0.3) is 0 Å². The van der Waals surface area contributed by atoms with Crippen LogP contribution in [0.5, 0.6) is 0 Å². The van der Waals surface area contributed by atoms with E-state index in [9.17, 15) is 4.79 Å². The molecule has 0 bridgehead atoms. The number of methoxy groups -OCH3 is 1. The fourth-order valence-corrected chi connectivity index (χ4v) is 3.84. The second kappa shape index (κ2) is 8.02. The van der Waals surface area contributed by atoms with Crippen molar-refractivity contribution in [2.45, 2.75) is 83.2 Å². The van der Waals surface area contributed by atoms with Crippen LogP contribution >= 0.6 is 0 Å². The van der Waals surface area contributed by atoms with E-state index in [-0.39, 0.29) is 12.0 Å². The number of nitrogens with one attached hydrogen (secondary N) is 1. The Hall–Kier alpha value is -0.570. The van der Waals surface area contributed by atoms with Gasteiger partial charge in [-0.1, -0.05) is 45.4 Å². The van der Waals surface area contributed by atoms with Gasteiger partial charge in [0.05, 0.1) is 7.11 Å². The van der Waals surface area contributed by atoms with Gasteiger partial charge in [0.2, 0.25) is 0 Å². The van der Waals surface area contributed by atoms with Gasteiger partial charge in [-0.25, -0.2) is 0 Å². The molecule has 0 radical (unpaired) electrons. The van der Waals surface area contributed by atoms with E-state index in [0.717, 1.165) is 5.92 Å². The molecule has 2 aliphatic carbocycles. The number of carbonyl (C=O) groups excluding carboxylic acids is 1. The van der Waals surface area contributed by atoms with Gasteiger partial charge < -0.3 is 10.1 Å². The van der Waals surface area contributed by atoms with Crippen molar-refractivity contribution in [2.75, 3.05) is 7.11 Å². The molecule has 20 heavy (non-hydrogen) atoms. The number of carbonyl (C=O) groups is 1. The molecule has 1 atom stereocenters. The molecule has 1 unspecified atom stereocenters. The molecule has 0 spiro atoms. The fraction of sp³-hybridized carbons (Fsp3) is 0.941. The second-order valence-electron chi connectivity index (χ2n) is 6.88. The Kier molecular flexibility index (Phi) is 6.34. The molecule has 0 aliphatic heterocycles. The quantitative estimate of drug-likeness (QED) is 0.631. The van der Waals surface area contributed by atoms with Crippen LogP contribution < -0.4 is 5.32 Å². The minimum absolute atomic E-state index is 0.0474. The van der Waals surface area contributed by atoms with Crippen molar-refractivity contribution in [3.8, 4) is 0 Å². The lowest BCUT2D eigenvalue weighted by molar-refractivity contribution is -0.145. The Morgan fingerprint density at radius 1 is 1.00 bits per heavy atom. The summed E-state index contributed by atoms with van der Waals surface area (Å²) >= 11 is 0. The van der Waals surface area contributed by atoms with E-state index in [4.69, 9.17) is 4.74 Å². The zero-order valence-electron chi connectivity index (χ0n) is 13.2. The number of rotatable bonds is 4. The van der Waals surface area contributed by atoms with Gasteiger partial charge in [-0.15, -0.1) is 0 Å². The van der Waals surface area contributed by atoms with Crippen molar-refractivity contribution in [3.05, 3.63) is 0 Å². The first-order valence-electron chi connectivity index (χ1n) is 8.54. The van der Waals surface area contributed by atoms with E-state index in [1.807, 2.05) is 0 Å². The Morgan fingerprint density at radius 2 is 1.60 bits per heavy atom. The van der Waals surface area contributed by atoms with Gasteiger partial charge >= 0.3 is 5.97 Å². The standard InChI is InChI=1S/C17H31NO2/c1-13-9-11-14(12-10-13)16(17(19)20-2)18-15-7-5-3-4-6-8-15/h13-16,18H,3-12H2,1-2H3. The predicted molar refractivity (Wildman–Crippen MR) is 81.6 cm³/mol. The molecule has 1 N–H and O–H groups in total.